The normalized spacial score (nSPS) is 12.8. The van der Waals surface area contributed by atoms with Crippen LogP contribution < -0.4 is 16.4 Å². The summed E-state index contributed by atoms with van der Waals surface area (Å²) in [5.74, 6) is -0.701. The van der Waals surface area contributed by atoms with Crippen LogP contribution in [0.4, 0.5) is 4.79 Å². The van der Waals surface area contributed by atoms with E-state index in [4.69, 9.17) is 10.5 Å². The van der Waals surface area contributed by atoms with Crippen LogP contribution in [0.2, 0.25) is 0 Å². The molecule has 0 radical (unpaired) electrons. The molecule has 28 heavy (non-hydrogen) atoms. The number of esters is 1. The maximum Gasteiger partial charge on any atom is 0.312 e. The fraction of sp³-hybridized carbons (Fsp3) is 0.350. The average molecular weight is 404 g/mol. The molecule has 0 saturated carbocycles. The molecule has 0 aliphatic heterocycles. The second-order valence-corrected chi connectivity index (χ2v) is 7.53. The van der Waals surface area contributed by atoms with Crippen LogP contribution in [0.1, 0.15) is 49.2 Å². The summed E-state index contributed by atoms with van der Waals surface area (Å²) in [5.41, 5.74) is 6.04. The van der Waals surface area contributed by atoms with Crippen molar-refractivity contribution in [3.8, 4) is 0 Å². The van der Waals surface area contributed by atoms with Gasteiger partial charge in [-0.05, 0) is 30.9 Å². The van der Waals surface area contributed by atoms with Gasteiger partial charge in [0.25, 0.3) is 0 Å². The number of hydrogen-bond donors (Lipinski definition) is 3. The smallest absolute Gasteiger partial charge is 0.312 e. The van der Waals surface area contributed by atoms with Crippen molar-refractivity contribution in [1.29, 1.82) is 0 Å². The minimum atomic E-state index is -0.702. The van der Waals surface area contributed by atoms with Crippen LogP contribution in [0.5, 0.6) is 0 Å². The van der Waals surface area contributed by atoms with E-state index < -0.39 is 24.1 Å². The van der Waals surface area contributed by atoms with Crippen molar-refractivity contribution in [3.05, 3.63) is 58.3 Å². The number of urea groups is 1. The van der Waals surface area contributed by atoms with Gasteiger partial charge in [0, 0.05) is 4.88 Å². The van der Waals surface area contributed by atoms with Gasteiger partial charge in [0.2, 0.25) is 5.91 Å². The zero-order chi connectivity index (χ0) is 20.5. The Bertz CT molecular complexity index is 778. The summed E-state index contributed by atoms with van der Waals surface area (Å²) in [6.45, 7) is 3.55. The van der Waals surface area contributed by atoms with Gasteiger partial charge in [-0.25, -0.2) is 4.79 Å². The van der Waals surface area contributed by atoms with E-state index in [0.29, 0.717) is 0 Å². The summed E-state index contributed by atoms with van der Waals surface area (Å²) in [7, 11) is 0. The Balaban J connectivity index is 2.10. The fourth-order valence-corrected chi connectivity index (χ4v) is 3.52. The molecule has 3 amide bonds. The standard InChI is InChI=1S/C20H25N3O4S/c1-13(2)27-19(25)12-15(14-7-4-3-5-8-14)22-18(24)11-16(23-20(21)26)17-9-6-10-28-17/h3-10,13,15-16H,11-12H2,1-2H3,(H,22,24)(H3,21,23,26). The fourth-order valence-electron chi connectivity index (χ4n) is 2.74. The molecule has 0 aliphatic carbocycles. The summed E-state index contributed by atoms with van der Waals surface area (Å²) >= 11 is 1.42. The van der Waals surface area contributed by atoms with E-state index in [9.17, 15) is 14.4 Å². The Labute approximate surface area is 168 Å². The first-order valence-corrected chi connectivity index (χ1v) is 9.86. The average Bonchev–Trinajstić information content (AvgIpc) is 3.15. The third-order valence-electron chi connectivity index (χ3n) is 3.87. The molecule has 1 aromatic heterocycles. The number of amides is 3. The third kappa shape index (κ3) is 7.03. The molecule has 8 heteroatoms. The van der Waals surface area contributed by atoms with Gasteiger partial charge >= 0.3 is 12.0 Å². The number of nitrogens with one attached hydrogen (secondary N) is 2. The summed E-state index contributed by atoms with van der Waals surface area (Å²) in [4.78, 5) is 36.9. The van der Waals surface area contributed by atoms with Crippen LogP contribution in [0.25, 0.3) is 0 Å². The van der Waals surface area contributed by atoms with Gasteiger partial charge in [-0.15, -0.1) is 11.3 Å². The van der Waals surface area contributed by atoms with Crippen molar-refractivity contribution in [2.24, 2.45) is 5.73 Å². The van der Waals surface area contributed by atoms with Crippen LogP contribution in [0.15, 0.2) is 47.8 Å². The lowest BCUT2D eigenvalue weighted by molar-refractivity contribution is -0.148. The number of primary amides is 1. The molecule has 0 bridgehead atoms. The summed E-state index contributed by atoms with van der Waals surface area (Å²) in [5, 5.41) is 7.32. The first kappa shape index (κ1) is 21.4. The highest BCUT2D eigenvalue weighted by Gasteiger charge is 2.23. The Kier molecular flexibility index (Phi) is 8.01. The van der Waals surface area contributed by atoms with Gasteiger partial charge in [0.05, 0.1) is 31.0 Å². The molecule has 0 spiro atoms. The SMILES string of the molecule is CC(C)OC(=O)CC(NC(=O)CC(NC(N)=O)c1cccs1)c1ccccc1. The van der Waals surface area contributed by atoms with E-state index >= 15 is 0 Å². The number of hydrogen-bond acceptors (Lipinski definition) is 5. The quantitative estimate of drug-likeness (QED) is 0.559. The molecular weight excluding hydrogens is 378 g/mol. The van der Waals surface area contributed by atoms with Gasteiger partial charge in [-0.1, -0.05) is 36.4 Å². The van der Waals surface area contributed by atoms with Crippen molar-refractivity contribution in [3.63, 3.8) is 0 Å². The Morgan fingerprint density at radius 2 is 1.71 bits per heavy atom. The van der Waals surface area contributed by atoms with E-state index in [1.807, 2.05) is 47.8 Å². The molecule has 1 aromatic carbocycles. The topological polar surface area (TPSA) is 111 Å². The van der Waals surface area contributed by atoms with Gasteiger partial charge in [0.1, 0.15) is 0 Å². The third-order valence-corrected chi connectivity index (χ3v) is 4.85. The largest absolute Gasteiger partial charge is 0.463 e. The maximum atomic E-state index is 12.7. The number of thiophene rings is 1. The number of ether oxygens (including phenoxy) is 1. The number of rotatable bonds is 9. The lowest BCUT2D eigenvalue weighted by atomic mass is 10.0. The molecule has 7 nitrogen and oxygen atoms in total. The predicted molar refractivity (Wildman–Crippen MR) is 108 cm³/mol. The zero-order valence-corrected chi connectivity index (χ0v) is 16.7. The summed E-state index contributed by atoms with van der Waals surface area (Å²) in [6.07, 6.45) is -0.213. The molecule has 0 fully saturated rings. The lowest BCUT2D eigenvalue weighted by Crippen LogP contribution is -2.37. The molecule has 1 heterocycles. The lowest BCUT2D eigenvalue weighted by Gasteiger charge is -2.21. The minimum Gasteiger partial charge on any atom is -0.463 e. The van der Waals surface area contributed by atoms with Crippen molar-refractivity contribution < 1.29 is 19.1 Å². The first-order chi connectivity index (χ1) is 13.3. The Morgan fingerprint density at radius 1 is 1.00 bits per heavy atom. The van der Waals surface area contributed by atoms with Gasteiger partial charge in [-0.2, -0.15) is 0 Å². The van der Waals surface area contributed by atoms with Crippen LogP contribution in [0, 0.1) is 0 Å². The van der Waals surface area contributed by atoms with Crippen molar-refractivity contribution in [2.45, 2.75) is 44.9 Å². The first-order valence-electron chi connectivity index (χ1n) is 8.98. The van der Waals surface area contributed by atoms with Gasteiger partial charge in [0.15, 0.2) is 0 Å². The van der Waals surface area contributed by atoms with Crippen LogP contribution in [-0.4, -0.2) is 24.0 Å². The molecule has 150 valence electrons. The van der Waals surface area contributed by atoms with Crippen molar-refractivity contribution in [2.75, 3.05) is 0 Å². The van der Waals surface area contributed by atoms with Gasteiger partial charge < -0.3 is 21.1 Å². The van der Waals surface area contributed by atoms with Crippen LogP contribution >= 0.6 is 11.3 Å². The second-order valence-electron chi connectivity index (χ2n) is 6.55. The summed E-state index contributed by atoms with van der Waals surface area (Å²) in [6, 6.07) is 11.1. The highest BCUT2D eigenvalue weighted by molar-refractivity contribution is 7.10. The molecule has 2 rings (SSSR count). The van der Waals surface area contributed by atoms with E-state index in [0.717, 1.165) is 10.4 Å². The van der Waals surface area contributed by atoms with E-state index in [-0.39, 0.29) is 24.9 Å². The molecule has 0 saturated heterocycles. The second kappa shape index (κ2) is 10.5. The molecule has 2 atom stereocenters. The van der Waals surface area contributed by atoms with E-state index in [2.05, 4.69) is 10.6 Å². The summed E-state index contributed by atoms with van der Waals surface area (Å²) < 4.78 is 5.21. The number of carbonyl (C=O) groups is 3. The highest BCUT2D eigenvalue weighted by atomic mass is 32.1. The zero-order valence-electron chi connectivity index (χ0n) is 15.9. The van der Waals surface area contributed by atoms with E-state index in [1.165, 1.54) is 11.3 Å². The Hall–Kier alpha value is -2.87. The van der Waals surface area contributed by atoms with Crippen LogP contribution in [-0.2, 0) is 14.3 Å². The van der Waals surface area contributed by atoms with Gasteiger partial charge in [-0.3, -0.25) is 9.59 Å². The number of nitrogens with two attached hydrogens (primary N) is 1. The molecular formula is C20H25N3O4S. The monoisotopic (exact) mass is 403 g/mol. The molecule has 2 unspecified atom stereocenters. The maximum absolute atomic E-state index is 12.7. The minimum absolute atomic E-state index is 0.00597. The highest BCUT2D eigenvalue weighted by Crippen LogP contribution is 2.23. The Morgan fingerprint density at radius 3 is 2.29 bits per heavy atom. The van der Waals surface area contributed by atoms with E-state index in [1.54, 1.807) is 13.8 Å². The van der Waals surface area contributed by atoms with Crippen molar-refractivity contribution >= 4 is 29.2 Å². The molecule has 0 aliphatic rings. The van der Waals surface area contributed by atoms with Crippen LogP contribution in [0.3, 0.4) is 0 Å². The number of benzene rings is 1. The number of carbonyl (C=O) groups excluding carboxylic acids is 3. The van der Waals surface area contributed by atoms with Crippen molar-refractivity contribution in [1.82, 2.24) is 10.6 Å². The molecule has 4 N–H and O–H groups in total. The predicted octanol–water partition coefficient (Wildman–Crippen LogP) is 3.05. The molecule has 2 aromatic rings.